The number of nitrogens with zero attached hydrogens (tertiary/aromatic N) is 2. The molecule has 8 nitrogen and oxygen atoms in total. The van der Waals surface area contributed by atoms with Gasteiger partial charge in [0.15, 0.2) is 5.17 Å². The fourth-order valence-corrected chi connectivity index (χ4v) is 5.15. The first-order chi connectivity index (χ1) is 18.0. The molecule has 9 heteroatoms. The highest BCUT2D eigenvalue weighted by Crippen LogP contribution is 2.45. The van der Waals surface area contributed by atoms with Crippen LogP contribution in [-0.4, -0.2) is 48.8 Å². The van der Waals surface area contributed by atoms with Gasteiger partial charge in [0.1, 0.15) is 12.4 Å². The van der Waals surface area contributed by atoms with Crippen LogP contribution in [0.3, 0.4) is 0 Å². The van der Waals surface area contributed by atoms with Gasteiger partial charge >= 0.3 is 5.97 Å². The van der Waals surface area contributed by atoms with Gasteiger partial charge in [0.25, 0.3) is 0 Å². The number of fused-ring (bicyclic) bond motifs is 1. The summed E-state index contributed by atoms with van der Waals surface area (Å²) in [6.07, 6.45) is 0.144. The molecular formula is C28H31N3O5S. The molecule has 0 bridgehead atoms. The molecule has 2 aromatic rings. The fourth-order valence-electron chi connectivity index (χ4n) is 4.19. The topological polar surface area (TPSA) is 89.5 Å². The Morgan fingerprint density at radius 3 is 2.70 bits per heavy atom. The number of amides is 1. The Morgan fingerprint density at radius 1 is 1.14 bits per heavy atom. The highest BCUT2D eigenvalue weighted by atomic mass is 32.2. The first-order valence-electron chi connectivity index (χ1n) is 12.2. The summed E-state index contributed by atoms with van der Waals surface area (Å²) in [7, 11) is 1.59. The molecule has 0 fully saturated rings. The minimum Gasteiger partial charge on any atom is -0.489 e. The second-order valence-corrected chi connectivity index (χ2v) is 9.32. The third-order valence-corrected chi connectivity index (χ3v) is 6.78. The van der Waals surface area contributed by atoms with E-state index in [2.05, 4.69) is 10.3 Å². The molecule has 2 aliphatic rings. The summed E-state index contributed by atoms with van der Waals surface area (Å²) in [5.74, 6) is 0.123. The zero-order chi connectivity index (χ0) is 26.2. The van der Waals surface area contributed by atoms with Crippen molar-refractivity contribution in [2.75, 3.05) is 26.9 Å². The largest absolute Gasteiger partial charge is 0.489 e. The molecule has 2 heterocycles. The Bertz CT molecular complexity index is 1230. The number of carbonyl (C=O) groups is 2. The fraction of sp³-hybridized carbons (Fsp3) is 0.321. The van der Waals surface area contributed by atoms with Crippen LogP contribution in [0.25, 0.3) is 0 Å². The Kier molecular flexibility index (Phi) is 9.03. The average molecular weight is 522 g/mol. The first kappa shape index (κ1) is 26.5. The predicted octanol–water partition coefficient (Wildman–Crippen LogP) is 4.56. The summed E-state index contributed by atoms with van der Waals surface area (Å²) in [5, 5.41) is 5.49. The van der Waals surface area contributed by atoms with Crippen molar-refractivity contribution in [3.05, 3.63) is 88.1 Å². The molecule has 0 aromatic heterocycles. The van der Waals surface area contributed by atoms with E-state index in [0.717, 1.165) is 16.8 Å². The van der Waals surface area contributed by atoms with Gasteiger partial charge in [-0.2, -0.15) is 0 Å². The molecule has 4 rings (SSSR count). The van der Waals surface area contributed by atoms with Crippen LogP contribution in [0.1, 0.15) is 37.4 Å². The van der Waals surface area contributed by atoms with E-state index in [-0.39, 0.29) is 18.9 Å². The summed E-state index contributed by atoms with van der Waals surface area (Å²) >= 11 is 1.44. The van der Waals surface area contributed by atoms with Crippen LogP contribution in [-0.2, 0) is 25.7 Å². The van der Waals surface area contributed by atoms with E-state index in [1.165, 1.54) is 11.8 Å². The highest BCUT2D eigenvalue weighted by Gasteiger charge is 2.41. The maximum atomic E-state index is 13.2. The number of hydrogen-bond acceptors (Lipinski definition) is 8. The summed E-state index contributed by atoms with van der Waals surface area (Å²) in [4.78, 5) is 32.4. The first-order valence-corrected chi connectivity index (χ1v) is 13.0. The van der Waals surface area contributed by atoms with Crippen molar-refractivity contribution in [3.63, 3.8) is 0 Å². The van der Waals surface area contributed by atoms with Crippen molar-refractivity contribution < 1.29 is 23.8 Å². The molecule has 0 spiro atoms. The quantitative estimate of drug-likeness (QED) is 0.343. The van der Waals surface area contributed by atoms with E-state index in [0.29, 0.717) is 41.9 Å². The van der Waals surface area contributed by atoms with Crippen molar-refractivity contribution in [2.24, 2.45) is 4.99 Å². The number of esters is 1. The van der Waals surface area contributed by atoms with Crippen LogP contribution in [0.5, 0.6) is 5.75 Å². The third kappa shape index (κ3) is 6.42. The summed E-state index contributed by atoms with van der Waals surface area (Å²) < 4.78 is 16.5. The molecule has 2 aromatic carbocycles. The lowest BCUT2D eigenvalue weighted by Gasteiger charge is -2.36. The van der Waals surface area contributed by atoms with Gasteiger partial charge in [-0.1, -0.05) is 54.2 Å². The second-order valence-electron chi connectivity index (χ2n) is 8.48. The number of allylic oxidation sites excluding steroid dienone is 1. The number of amidine groups is 1. The van der Waals surface area contributed by atoms with Crippen molar-refractivity contribution in [1.82, 2.24) is 10.2 Å². The van der Waals surface area contributed by atoms with Crippen LogP contribution in [0.15, 0.2) is 82.0 Å². The van der Waals surface area contributed by atoms with Gasteiger partial charge in [-0.15, -0.1) is 0 Å². The number of hydrogen-bond donors (Lipinski definition) is 1. The standard InChI is InChI=1S/C28H31N3O5S/c1-4-35-27(33)25-19(2)30-28-31(22(18-37-28)16-24(32)29-13-14-34-3)26(25)21-11-8-12-23(15-21)36-17-20-9-6-5-7-10-20/h5-12,15,18,26H,4,13-14,16-17H2,1-3H3,(H,29,32)/t26-/m1/s1. The number of ether oxygens (including phenoxy) is 3. The van der Waals surface area contributed by atoms with Gasteiger partial charge in [-0.05, 0) is 42.5 Å². The van der Waals surface area contributed by atoms with E-state index in [9.17, 15) is 9.59 Å². The van der Waals surface area contributed by atoms with Gasteiger partial charge in [0, 0.05) is 19.4 Å². The van der Waals surface area contributed by atoms with Crippen LogP contribution in [0.2, 0.25) is 0 Å². The molecule has 0 unspecified atom stereocenters. The molecule has 2 aliphatic heterocycles. The Hall–Kier alpha value is -3.56. The molecule has 0 saturated heterocycles. The van der Waals surface area contributed by atoms with Gasteiger partial charge < -0.3 is 24.4 Å². The summed E-state index contributed by atoms with van der Waals surface area (Å²) in [5.41, 5.74) is 3.70. The number of benzene rings is 2. The molecule has 0 radical (unpaired) electrons. The number of aliphatic imine (C=N–C) groups is 1. The Morgan fingerprint density at radius 2 is 1.95 bits per heavy atom. The van der Waals surface area contributed by atoms with Gasteiger partial charge in [-0.3, -0.25) is 4.79 Å². The SMILES string of the molecule is CCOC(=O)C1=C(C)N=C2SC=C(CC(=O)NCCOC)N2[C@@H]1c1cccc(OCc2ccccc2)c1. The van der Waals surface area contributed by atoms with Crippen molar-refractivity contribution in [2.45, 2.75) is 32.9 Å². The maximum Gasteiger partial charge on any atom is 0.338 e. The van der Waals surface area contributed by atoms with Crippen LogP contribution in [0, 0.1) is 0 Å². The lowest BCUT2D eigenvalue weighted by Crippen LogP contribution is -2.38. The lowest BCUT2D eigenvalue weighted by atomic mass is 9.93. The zero-order valence-corrected chi connectivity index (χ0v) is 22.0. The molecule has 1 atom stereocenters. The van der Waals surface area contributed by atoms with E-state index >= 15 is 0 Å². The van der Waals surface area contributed by atoms with Gasteiger partial charge in [0.05, 0.1) is 36.9 Å². The Balaban J connectivity index is 1.64. The number of carbonyl (C=O) groups excluding carboxylic acids is 2. The Labute approximate surface area is 221 Å². The normalized spacial score (nSPS) is 16.6. The second kappa shape index (κ2) is 12.6. The van der Waals surface area contributed by atoms with Crippen LogP contribution in [0.4, 0.5) is 0 Å². The molecule has 1 amide bonds. The van der Waals surface area contributed by atoms with Crippen molar-refractivity contribution in [1.29, 1.82) is 0 Å². The third-order valence-electron chi connectivity index (χ3n) is 5.89. The monoisotopic (exact) mass is 521 g/mol. The minimum atomic E-state index is -0.514. The summed E-state index contributed by atoms with van der Waals surface area (Å²) in [6.45, 7) is 5.12. The van der Waals surface area contributed by atoms with Crippen molar-refractivity contribution in [3.8, 4) is 5.75 Å². The average Bonchev–Trinajstić information content (AvgIpc) is 3.29. The smallest absolute Gasteiger partial charge is 0.338 e. The minimum absolute atomic E-state index is 0.132. The predicted molar refractivity (Wildman–Crippen MR) is 144 cm³/mol. The maximum absolute atomic E-state index is 13.2. The van der Waals surface area contributed by atoms with Crippen LogP contribution >= 0.6 is 11.8 Å². The van der Waals surface area contributed by atoms with E-state index in [4.69, 9.17) is 14.2 Å². The number of thioether (sulfide) groups is 1. The van der Waals surface area contributed by atoms with Gasteiger partial charge in [0.2, 0.25) is 5.91 Å². The summed E-state index contributed by atoms with van der Waals surface area (Å²) in [6, 6.07) is 17.1. The zero-order valence-electron chi connectivity index (χ0n) is 21.2. The lowest BCUT2D eigenvalue weighted by molar-refractivity contribution is -0.139. The molecule has 194 valence electrons. The molecule has 0 saturated carbocycles. The molecular weight excluding hydrogens is 490 g/mol. The number of rotatable bonds is 11. The van der Waals surface area contributed by atoms with Crippen molar-refractivity contribution >= 4 is 28.8 Å². The van der Waals surface area contributed by atoms with E-state index in [1.54, 1.807) is 14.0 Å². The molecule has 1 N–H and O–H groups in total. The van der Waals surface area contributed by atoms with Crippen LogP contribution < -0.4 is 10.1 Å². The highest BCUT2D eigenvalue weighted by molar-refractivity contribution is 8.16. The molecule has 37 heavy (non-hydrogen) atoms. The van der Waals surface area contributed by atoms with E-state index in [1.807, 2.05) is 71.8 Å². The van der Waals surface area contributed by atoms with Gasteiger partial charge in [-0.25, -0.2) is 9.79 Å². The molecule has 0 aliphatic carbocycles. The number of methoxy groups -OCH3 is 1. The number of nitrogens with one attached hydrogen (secondary N) is 1. The van der Waals surface area contributed by atoms with E-state index < -0.39 is 12.0 Å².